The Hall–Kier alpha value is -1.40. The van der Waals surface area contributed by atoms with Crippen molar-refractivity contribution in [1.82, 2.24) is 10.2 Å². The summed E-state index contributed by atoms with van der Waals surface area (Å²) in [6.45, 7) is 6.77. The third-order valence-corrected chi connectivity index (χ3v) is 4.17. The molecule has 1 aromatic rings. The fourth-order valence-corrected chi connectivity index (χ4v) is 2.60. The van der Waals surface area contributed by atoms with Gasteiger partial charge in [0.25, 0.3) is 0 Å². The zero-order valence-electron chi connectivity index (χ0n) is 12.1. The van der Waals surface area contributed by atoms with Crippen molar-refractivity contribution in [2.75, 3.05) is 19.6 Å². The minimum Gasteiger partial charge on any atom is -0.481 e. The van der Waals surface area contributed by atoms with Gasteiger partial charge in [0, 0.05) is 11.4 Å². The molecule has 1 amide bonds. The first-order valence-electron chi connectivity index (χ1n) is 6.72. The van der Waals surface area contributed by atoms with Crippen LogP contribution in [0.3, 0.4) is 0 Å². The first kappa shape index (κ1) is 16.7. The second-order valence-corrected chi connectivity index (χ2v) is 5.85. The van der Waals surface area contributed by atoms with Gasteiger partial charge in [-0.1, -0.05) is 19.9 Å². The number of nitrogens with one attached hydrogen (secondary N) is 1. The monoisotopic (exact) mass is 298 g/mol. The third-order valence-electron chi connectivity index (χ3n) is 3.12. The molecule has 0 bridgehead atoms. The fourth-order valence-electron chi connectivity index (χ4n) is 1.87. The van der Waals surface area contributed by atoms with Crippen molar-refractivity contribution in [3.63, 3.8) is 0 Å². The molecule has 0 saturated heterocycles. The Labute approximate surface area is 123 Å². The maximum Gasteiger partial charge on any atom is 0.307 e. The number of carbonyl (C=O) groups is 2. The van der Waals surface area contributed by atoms with Gasteiger partial charge in [-0.15, -0.1) is 11.3 Å². The Kier molecular flexibility index (Phi) is 6.67. The maximum atomic E-state index is 12.0. The summed E-state index contributed by atoms with van der Waals surface area (Å²) in [5.41, 5.74) is 0. The van der Waals surface area contributed by atoms with Crippen LogP contribution in [0.4, 0.5) is 0 Å². The molecule has 2 N–H and O–H groups in total. The predicted octanol–water partition coefficient (Wildman–Crippen LogP) is 1.97. The number of carbonyl (C=O) groups excluding carboxylic acids is 1. The van der Waals surface area contributed by atoms with Crippen LogP contribution in [0.2, 0.25) is 0 Å². The lowest BCUT2D eigenvalue weighted by Gasteiger charge is -2.22. The molecule has 2 atom stereocenters. The van der Waals surface area contributed by atoms with Gasteiger partial charge >= 0.3 is 5.97 Å². The Balaban J connectivity index is 2.45. The second-order valence-electron chi connectivity index (χ2n) is 4.87. The fraction of sp³-hybridized carbons (Fsp3) is 0.571. The molecule has 0 aromatic carbocycles. The number of thiophene rings is 1. The Morgan fingerprint density at radius 1 is 1.45 bits per heavy atom. The van der Waals surface area contributed by atoms with E-state index in [9.17, 15) is 9.59 Å². The summed E-state index contributed by atoms with van der Waals surface area (Å²) in [5.74, 6) is -1.39. The third kappa shape index (κ3) is 5.30. The van der Waals surface area contributed by atoms with Crippen LogP contribution in [-0.4, -0.2) is 41.5 Å². The van der Waals surface area contributed by atoms with E-state index in [1.54, 1.807) is 18.3 Å². The highest BCUT2D eigenvalue weighted by Gasteiger charge is 2.18. The molecule has 1 heterocycles. The number of rotatable bonds is 8. The van der Waals surface area contributed by atoms with Crippen LogP contribution >= 0.6 is 11.3 Å². The molecule has 1 rings (SSSR count). The van der Waals surface area contributed by atoms with Crippen molar-refractivity contribution in [2.45, 2.75) is 26.8 Å². The quantitative estimate of drug-likeness (QED) is 0.770. The lowest BCUT2D eigenvalue weighted by molar-refractivity contribution is -0.142. The second kappa shape index (κ2) is 8.01. The maximum absolute atomic E-state index is 12.0. The molecule has 0 aliphatic heterocycles. The average molecular weight is 298 g/mol. The Morgan fingerprint density at radius 3 is 2.65 bits per heavy atom. The molecular weight excluding hydrogens is 276 g/mol. The van der Waals surface area contributed by atoms with E-state index in [-0.39, 0.29) is 18.5 Å². The summed E-state index contributed by atoms with van der Waals surface area (Å²) >= 11 is 1.61. The number of carboxylic acids is 1. The van der Waals surface area contributed by atoms with Crippen LogP contribution in [0.1, 0.15) is 31.7 Å². The van der Waals surface area contributed by atoms with E-state index in [1.165, 1.54) is 0 Å². The first-order chi connectivity index (χ1) is 9.43. The number of aliphatic carboxylic acids is 1. The van der Waals surface area contributed by atoms with Crippen molar-refractivity contribution < 1.29 is 14.7 Å². The standard InChI is InChI=1S/C14H22N2O3S/c1-4-16(8-10(2)14(18)19)9-13(17)15-11(3)12-6-5-7-20-12/h5-7,10-11H,4,8-9H2,1-3H3,(H,15,17)(H,18,19). The predicted molar refractivity (Wildman–Crippen MR) is 79.8 cm³/mol. The zero-order chi connectivity index (χ0) is 15.1. The molecule has 1 aromatic heterocycles. The summed E-state index contributed by atoms with van der Waals surface area (Å²) < 4.78 is 0. The molecular formula is C14H22N2O3S. The van der Waals surface area contributed by atoms with E-state index in [0.29, 0.717) is 13.1 Å². The summed E-state index contributed by atoms with van der Waals surface area (Å²) in [6.07, 6.45) is 0. The number of likely N-dealkylation sites (N-methyl/N-ethyl adjacent to an activating group) is 1. The molecule has 6 heteroatoms. The summed E-state index contributed by atoms with van der Waals surface area (Å²) in [7, 11) is 0. The number of carboxylic acid groups (broad SMARTS) is 1. The molecule has 2 unspecified atom stereocenters. The average Bonchev–Trinajstić information content (AvgIpc) is 2.91. The highest BCUT2D eigenvalue weighted by atomic mass is 32.1. The molecule has 5 nitrogen and oxygen atoms in total. The lowest BCUT2D eigenvalue weighted by Crippen LogP contribution is -2.40. The Morgan fingerprint density at radius 2 is 2.15 bits per heavy atom. The van der Waals surface area contributed by atoms with Crippen molar-refractivity contribution in [1.29, 1.82) is 0 Å². The zero-order valence-corrected chi connectivity index (χ0v) is 12.9. The molecule has 0 aliphatic carbocycles. The topological polar surface area (TPSA) is 69.6 Å². The number of amides is 1. The molecule has 20 heavy (non-hydrogen) atoms. The highest BCUT2D eigenvalue weighted by molar-refractivity contribution is 7.10. The van der Waals surface area contributed by atoms with Gasteiger partial charge in [0.1, 0.15) is 0 Å². The van der Waals surface area contributed by atoms with E-state index in [2.05, 4.69) is 5.32 Å². The van der Waals surface area contributed by atoms with Gasteiger partial charge in [-0.2, -0.15) is 0 Å². The molecule has 112 valence electrons. The minimum atomic E-state index is -0.837. The summed E-state index contributed by atoms with van der Waals surface area (Å²) in [6, 6.07) is 3.92. The van der Waals surface area contributed by atoms with Crippen LogP contribution in [-0.2, 0) is 9.59 Å². The Bertz CT molecular complexity index is 434. The largest absolute Gasteiger partial charge is 0.481 e. The van der Waals surface area contributed by atoms with Crippen LogP contribution in [0.25, 0.3) is 0 Å². The van der Waals surface area contributed by atoms with Gasteiger partial charge in [0.15, 0.2) is 0 Å². The number of hydrogen-bond acceptors (Lipinski definition) is 4. The summed E-state index contributed by atoms with van der Waals surface area (Å²) in [4.78, 5) is 25.8. The minimum absolute atomic E-state index is 0.0156. The smallest absolute Gasteiger partial charge is 0.307 e. The van der Waals surface area contributed by atoms with Crippen molar-refractivity contribution in [3.05, 3.63) is 22.4 Å². The molecule has 0 aliphatic rings. The molecule has 0 fully saturated rings. The lowest BCUT2D eigenvalue weighted by atomic mass is 10.1. The van der Waals surface area contributed by atoms with Crippen LogP contribution in [0, 0.1) is 5.92 Å². The molecule has 0 spiro atoms. The van der Waals surface area contributed by atoms with Crippen LogP contribution < -0.4 is 5.32 Å². The van der Waals surface area contributed by atoms with E-state index in [0.717, 1.165) is 4.88 Å². The van der Waals surface area contributed by atoms with Gasteiger partial charge in [-0.25, -0.2) is 0 Å². The van der Waals surface area contributed by atoms with Gasteiger partial charge in [0.05, 0.1) is 18.5 Å². The molecule has 0 radical (unpaired) electrons. The van der Waals surface area contributed by atoms with Crippen molar-refractivity contribution >= 4 is 23.2 Å². The van der Waals surface area contributed by atoms with E-state index in [1.807, 2.05) is 36.3 Å². The number of nitrogens with zero attached hydrogens (tertiary/aromatic N) is 1. The van der Waals surface area contributed by atoms with E-state index < -0.39 is 11.9 Å². The van der Waals surface area contributed by atoms with Gasteiger partial charge in [-0.05, 0) is 24.9 Å². The molecule has 0 saturated carbocycles. The summed E-state index contributed by atoms with van der Waals surface area (Å²) in [5, 5.41) is 13.8. The number of hydrogen-bond donors (Lipinski definition) is 2. The van der Waals surface area contributed by atoms with Crippen LogP contribution in [0.15, 0.2) is 17.5 Å². The van der Waals surface area contributed by atoms with E-state index in [4.69, 9.17) is 5.11 Å². The first-order valence-corrected chi connectivity index (χ1v) is 7.59. The normalized spacial score (nSPS) is 14.0. The SMILES string of the molecule is CCN(CC(=O)NC(C)c1cccs1)CC(C)C(=O)O. The van der Waals surface area contributed by atoms with Gasteiger partial charge in [-0.3, -0.25) is 14.5 Å². The van der Waals surface area contributed by atoms with Crippen molar-refractivity contribution in [2.24, 2.45) is 5.92 Å². The van der Waals surface area contributed by atoms with E-state index >= 15 is 0 Å². The van der Waals surface area contributed by atoms with Gasteiger partial charge < -0.3 is 10.4 Å². The van der Waals surface area contributed by atoms with Gasteiger partial charge in [0.2, 0.25) is 5.91 Å². The van der Waals surface area contributed by atoms with Crippen molar-refractivity contribution in [3.8, 4) is 0 Å². The van der Waals surface area contributed by atoms with Crippen LogP contribution in [0.5, 0.6) is 0 Å². The highest BCUT2D eigenvalue weighted by Crippen LogP contribution is 2.17.